The molecule has 1 aliphatic carbocycles. The number of rotatable bonds is 5. The number of hydrogen-bond donors (Lipinski definition) is 0. The van der Waals surface area contributed by atoms with Crippen molar-refractivity contribution in [3.63, 3.8) is 0 Å². The van der Waals surface area contributed by atoms with E-state index < -0.39 is 6.10 Å². The van der Waals surface area contributed by atoms with Gasteiger partial charge in [0.2, 0.25) is 5.91 Å². The lowest BCUT2D eigenvalue weighted by molar-refractivity contribution is -0.142. The Bertz CT molecular complexity index is 1060. The fourth-order valence-electron chi connectivity index (χ4n) is 5.61. The van der Waals surface area contributed by atoms with Crippen molar-refractivity contribution >= 4 is 11.8 Å². The number of hydrogen-bond acceptors (Lipinski definition) is 4. The molecule has 2 aromatic carbocycles. The first kappa shape index (κ1) is 23.8. The predicted molar refractivity (Wildman–Crippen MR) is 130 cm³/mol. The maximum absolute atomic E-state index is 13.7. The van der Waals surface area contributed by atoms with Crippen molar-refractivity contribution in [1.29, 1.82) is 0 Å². The molecule has 1 saturated heterocycles. The van der Waals surface area contributed by atoms with Crippen LogP contribution in [0.3, 0.4) is 0 Å². The molecule has 2 heterocycles. The molecule has 0 radical (unpaired) electrons. The van der Waals surface area contributed by atoms with Crippen molar-refractivity contribution in [2.45, 2.75) is 51.2 Å². The molecule has 2 aliphatic heterocycles. The Hall–Kier alpha value is -2.93. The van der Waals surface area contributed by atoms with Crippen molar-refractivity contribution < 1.29 is 23.5 Å². The van der Waals surface area contributed by atoms with E-state index in [-0.39, 0.29) is 29.6 Å². The molecule has 2 fully saturated rings. The van der Waals surface area contributed by atoms with Crippen molar-refractivity contribution in [1.82, 2.24) is 9.80 Å². The van der Waals surface area contributed by atoms with E-state index in [0.717, 1.165) is 48.8 Å². The van der Waals surface area contributed by atoms with Gasteiger partial charge in [0, 0.05) is 25.6 Å². The summed E-state index contributed by atoms with van der Waals surface area (Å²) >= 11 is 0. The van der Waals surface area contributed by atoms with Crippen LogP contribution in [0.5, 0.6) is 5.75 Å². The minimum atomic E-state index is -0.629. The molecule has 0 aromatic heterocycles. The van der Waals surface area contributed by atoms with Crippen LogP contribution in [0.25, 0.3) is 0 Å². The lowest BCUT2D eigenvalue weighted by Gasteiger charge is -2.39. The summed E-state index contributed by atoms with van der Waals surface area (Å²) in [4.78, 5) is 30.1. The average Bonchev–Trinajstić information content (AvgIpc) is 3.43. The number of fused-ring (bicyclic) bond motifs is 1. The van der Waals surface area contributed by atoms with E-state index in [2.05, 4.69) is 0 Å². The van der Waals surface area contributed by atoms with Crippen LogP contribution < -0.4 is 4.74 Å². The van der Waals surface area contributed by atoms with Crippen molar-refractivity contribution in [2.75, 3.05) is 32.8 Å². The normalized spacial score (nSPS) is 21.5. The van der Waals surface area contributed by atoms with Gasteiger partial charge in [-0.15, -0.1) is 0 Å². The fourth-order valence-corrected chi connectivity index (χ4v) is 5.61. The van der Waals surface area contributed by atoms with Crippen molar-refractivity contribution in [3.8, 4) is 5.75 Å². The first-order valence-corrected chi connectivity index (χ1v) is 12.7. The summed E-state index contributed by atoms with van der Waals surface area (Å²) in [7, 11) is 0. The molecule has 2 aromatic rings. The summed E-state index contributed by atoms with van der Waals surface area (Å²) < 4.78 is 25.2. The molecular formula is C28H33FN2O4. The number of ether oxygens (including phenoxy) is 2. The number of morpholine rings is 1. The van der Waals surface area contributed by atoms with Crippen LogP contribution >= 0.6 is 0 Å². The third-order valence-corrected chi connectivity index (χ3v) is 7.50. The average molecular weight is 481 g/mol. The molecule has 2 atom stereocenters. The second-order valence-corrected chi connectivity index (χ2v) is 9.78. The summed E-state index contributed by atoms with van der Waals surface area (Å²) in [6.45, 7) is 4.63. The molecule has 186 valence electrons. The molecule has 1 saturated carbocycles. The van der Waals surface area contributed by atoms with Crippen molar-refractivity contribution in [3.05, 3.63) is 65.0 Å². The van der Waals surface area contributed by atoms with Crippen LogP contribution in [0.15, 0.2) is 42.5 Å². The topological polar surface area (TPSA) is 59.1 Å². The number of halogens is 1. The second kappa shape index (κ2) is 10.4. The lowest BCUT2D eigenvalue weighted by Crippen LogP contribution is -2.46. The molecule has 35 heavy (non-hydrogen) atoms. The lowest BCUT2D eigenvalue weighted by atomic mass is 9.87. The van der Waals surface area contributed by atoms with Crippen LogP contribution in [-0.4, -0.2) is 60.6 Å². The molecule has 0 bridgehead atoms. The molecular weight excluding hydrogens is 447 g/mol. The molecule has 0 N–H and O–H groups in total. The monoisotopic (exact) mass is 480 g/mol. The fraction of sp³-hybridized carbons (Fsp3) is 0.500. The summed E-state index contributed by atoms with van der Waals surface area (Å²) in [6.07, 6.45) is 4.18. The van der Waals surface area contributed by atoms with Gasteiger partial charge in [0.15, 0.2) is 6.10 Å². The molecule has 3 aliphatic rings. The van der Waals surface area contributed by atoms with E-state index in [1.165, 1.54) is 12.1 Å². The molecule has 7 heteroatoms. The standard InChI is InChI=1S/C28H33FN2O4/c1-19(27(32)30-14-16-34-17-15-30)35-24-11-8-20-12-13-31(28(33)22-4-2-3-5-22)26(25(20)18-24)21-6-9-23(29)10-7-21/h6-11,18-19,22,26H,2-5,12-17H2,1H3. The zero-order chi connectivity index (χ0) is 24.4. The number of benzene rings is 2. The van der Waals surface area contributed by atoms with Crippen molar-refractivity contribution in [2.24, 2.45) is 5.92 Å². The zero-order valence-electron chi connectivity index (χ0n) is 20.2. The van der Waals surface area contributed by atoms with Gasteiger partial charge in [0.1, 0.15) is 11.6 Å². The Morgan fingerprint density at radius 2 is 1.74 bits per heavy atom. The van der Waals surface area contributed by atoms with Gasteiger partial charge in [-0.25, -0.2) is 4.39 Å². The SMILES string of the molecule is CC(Oc1ccc2c(c1)C(c1ccc(F)cc1)N(C(=O)C1CCCC1)CC2)C(=O)N1CCOCC1. The third-order valence-electron chi connectivity index (χ3n) is 7.50. The predicted octanol–water partition coefficient (Wildman–Crippen LogP) is 4.12. The van der Waals surface area contributed by atoms with Gasteiger partial charge in [-0.3, -0.25) is 9.59 Å². The number of carbonyl (C=O) groups excluding carboxylic acids is 2. The maximum atomic E-state index is 13.7. The van der Waals surface area contributed by atoms with Gasteiger partial charge < -0.3 is 19.3 Å². The second-order valence-electron chi connectivity index (χ2n) is 9.78. The van der Waals surface area contributed by atoms with Crippen LogP contribution in [0.1, 0.15) is 55.3 Å². The van der Waals surface area contributed by atoms with Gasteiger partial charge in [-0.2, -0.15) is 0 Å². The summed E-state index contributed by atoms with van der Waals surface area (Å²) in [5, 5.41) is 0. The van der Waals surface area contributed by atoms with Gasteiger partial charge >= 0.3 is 0 Å². The van der Waals surface area contributed by atoms with E-state index in [4.69, 9.17) is 9.47 Å². The van der Waals surface area contributed by atoms with Gasteiger partial charge in [0.05, 0.1) is 19.3 Å². The highest BCUT2D eigenvalue weighted by Crippen LogP contribution is 2.40. The summed E-state index contributed by atoms with van der Waals surface area (Å²) in [5.41, 5.74) is 3.01. The first-order valence-electron chi connectivity index (χ1n) is 12.7. The Morgan fingerprint density at radius 1 is 1.03 bits per heavy atom. The third kappa shape index (κ3) is 5.06. The summed E-state index contributed by atoms with van der Waals surface area (Å²) in [6, 6.07) is 12.0. The highest BCUT2D eigenvalue weighted by atomic mass is 19.1. The van der Waals surface area contributed by atoms with Gasteiger partial charge in [-0.05, 0) is 67.1 Å². The maximum Gasteiger partial charge on any atom is 0.263 e. The minimum Gasteiger partial charge on any atom is -0.481 e. The van der Waals surface area contributed by atoms with E-state index >= 15 is 0 Å². The van der Waals surface area contributed by atoms with Gasteiger partial charge in [-0.1, -0.05) is 31.0 Å². The Morgan fingerprint density at radius 3 is 2.46 bits per heavy atom. The van der Waals surface area contributed by atoms with E-state index in [0.29, 0.717) is 38.6 Å². The number of amides is 2. The highest BCUT2D eigenvalue weighted by Gasteiger charge is 2.36. The molecule has 2 unspecified atom stereocenters. The van der Waals surface area contributed by atoms with E-state index in [1.807, 2.05) is 23.1 Å². The van der Waals surface area contributed by atoms with Crippen LogP contribution in [-0.2, 0) is 20.7 Å². The van der Waals surface area contributed by atoms with Crippen LogP contribution in [0, 0.1) is 11.7 Å². The van der Waals surface area contributed by atoms with Gasteiger partial charge in [0.25, 0.3) is 5.91 Å². The van der Waals surface area contributed by atoms with Crippen LogP contribution in [0.2, 0.25) is 0 Å². The Kier molecular flexibility index (Phi) is 7.04. The van der Waals surface area contributed by atoms with Crippen LogP contribution in [0.4, 0.5) is 4.39 Å². The number of nitrogens with zero attached hydrogens (tertiary/aromatic N) is 2. The van der Waals surface area contributed by atoms with E-state index in [9.17, 15) is 14.0 Å². The van der Waals surface area contributed by atoms with E-state index in [1.54, 1.807) is 24.0 Å². The highest BCUT2D eigenvalue weighted by molar-refractivity contribution is 5.81. The molecule has 6 nitrogen and oxygen atoms in total. The number of carbonyl (C=O) groups is 2. The minimum absolute atomic E-state index is 0.0563. The Balaban J connectivity index is 1.43. The Labute approximate surface area is 206 Å². The summed E-state index contributed by atoms with van der Waals surface area (Å²) in [5.74, 6) is 0.486. The molecule has 2 amide bonds. The molecule has 5 rings (SSSR count). The quantitative estimate of drug-likeness (QED) is 0.646. The largest absolute Gasteiger partial charge is 0.481 e. The smallest absolute Gasteiger partial charge is 0.263 e. The first-order chi connectivity index (χ1) is 17.0. The zero-order valence-corrected chi connectivity index (χ0v) is 20.2. The molecule has 0 spiro atoms.